The Kier molecular flexibility index (Phi) is 5.32. The number of carboxylic acid groups (broad SMARTS) is 1. The molecule has 116 valence electrons. The molecule has 0 aliphatic carbocycles. The monoisotopic (exact) mass is 295 g/mol. The average molecular weight is 295 g/mol. The van der Waals surface area contributed by atoms with Gasteiger partial charge in [0, 0.05) is 6.04 Å². The third-order valence-electron chi connectivity index (χ3n) is 2.74. The van der Waals surface area contributed by atoms with Gasteiger partial charge in [-0.3, -0.25) is 9.59 Å². The standard InChI is InChI=1S/C15H21NO5/c1-15(2,3)21-14(20)12(13(18)19)11(16)8-9-5-4-6-10(17)7-9/h4-7,11-12,17H,8,16H2,1-3H3,(H,18,19). The summed E-state index contributed by atoms with van der Waals surface area (Å²) in [5.74, 6) is -3.57. The van der Waals surface area contributed by atoms with Crippen LogP contribution in [0.3, 0.4) is 0 Å². The second-order valence-electron chi connectivity index (χ2n) is 5.89. The van der Waals surface area contributed by atoms with E-state index in [0.717, 1.165) is 0 Å². The van der Waals surface area contributed by atoms with Crippen molar-refractivity contribution in [2.24, 2.45) is 11.7 Å². The predicted octanol–water partition coefficient (Wildman–Crippen LogP) is 1.30. The highest BCUT2D eigenvalue weighted by molar-refractivity contribution is 5.95. The summed E-state index contributed by atoms with van der Waals surface area (Å²) in [6.45, 7) is 4.97. The maximum atomic E-state index is 12.0. The number of ether oxygens (including phenoxy) is 1. The summed E-state index contributed by atoms with van der Waals surface area (Å²) in [5, 5.41) is 18.6. The molecule has 1 aromatic rings. The quantitative estimate of drug-likeness (QED) is 0.558. The smallest absolute Gasteiger partial charge is 0.322 e. The van der Waals surface area contributed by atoms with E-state index >= 15 is 0 Å². The summed E-state index contributed by atoms with van der Waals surface area (Å²) >= 11 is 0. The van der Waals surface area contributed by atoms with Crippen LogP contribution >= 0.6 is 0 Å². The number of hydrogen-bond acceptors (Lipinski definition) is 5. The molecule has 6 heteroatoms. The van der Waals surface area contributed by atoms with Gasteiger partial charge in [0.05, 0.1) is 0 Å². The van der Waals surface area contributed by atoms with Crippen LogP contribution in [0.15, 0.2) is 24.3 Å². The number of aromatic hydroxyl groups is 1. The first-order valence-corrected chi connectivity index (χ1v) is 6.59. The SMILES string of the molecule is CC(C)(C)OC(=O)C(C(=O)O)C(N)Cc1cccc(O)c1. The zero-order chi connectivity index (χ0) is 16.2. The molecule has 0 aliphatic rings. The first-order chi connectivity index (χ1) is 9.60. The van der Waals surface area contributed by atoms with Crippen molar-refractivity contribution in [1.29, 1.82) is 0 Å². The van der Waals surface area contributed by atoms with Crippen molar-refractivity contribution in [3.8, 4) is 5.75 Å². The van der Waals surface area contributed by atoms with E-state index in [0.29, 0.717) is 5.56 Å². The zero-order valence-corrected chi connectivity index (χ0v) is 12.4. The molecule has 6 nitrogen and oxygen atoms in total. The summed E-state index contributed by atoms with van der Waals surface area (Å²) in [6.07, 6.45) is 0.143. The topological polar surface area (TPSA) is 110 Å². The van der Waals surface area contributed by atoms with E-state index in [2.05, 4.69) is 0 Å². The molecule has 0 aromatic heterocycles. The average Bonchev–Trinajstić information content (AvgIpc) is 2.25. The molecule has 4 N–H and O–H groups in total. The van der Waals surface area contributed by atoms with Gasteiger partial charge >= 0.3 is 11.9 Å². The van der Waals surface area contributed by atoms with Gasteiger partial charge in [-0.15, -0.1) is 0 Å². The minimum atomic E-state index is -1.45. The number of carboxylic acids is 1. The fourth-order valence-corrected chi connectivity index (χ4v) is 1.90. The molecule has 0 saturated heterocycles. The molecular formula is C15H21NO5. The molecule has 0 aliphatic heterocycles. The molecule has 2 unspecified atom stereocenters. The predicted molar refractivity (Wildman–Crippen MR) is 76.8 cm³/mol. The Morgan fingerprint density at radius 2 is 1.95 bits per heavy atom. The first kappa shape index (κ1) is 17.0. The molecule has 0 heterocycles. The second-order valence-corrected chi connectivity index (χ2v) is 5.89. The molecule has 2 atom stereocenters. The van der Waals surface area contributed by atoms with E-state index < -0.39 is 29.5 Å². The van der Waals surface area contributed by atoms with Crippen LogP contribution in [0.25, 0.3) is 0 Å². The lowest BCUT2D eigenvalue weighted by molar-refractivity contribution is -0.167. The van der Waals surface area contributed by atoms with Crippen LogP contribution in [0.4, 0.5) is 0 Å². The maximum Gasteiger partial charge on any atom is 0.322 e. The van der Waals surface area contributed by atoms with Gasteiger partial charge in [0.25, 0.3) is 0 Å². The van der Waals surface area contributed by atoms with Crippen molar-refractivity contribution in [1.82, 2.24) is 0 Å². The summed E-state index contributed by atoms with van der Waals surface area (Å²) < 4.78 is 5.09. The number of esters is 1. The maximum absolute atomic E-state index is 12.0. The largest absolute Gasteiger partial charge is 0.508 e. The van der Waals surface area contributed by atoms with Crippen LogP contribution < -0.4 is 5.73 Å². The Morgan fingerprint density at radius 3 is 2.43 bits per heavy atom. The number of carbonyl (C=O) groups excluding carboxylic acids is 1. The number of benzene rings is 1. The third kappa shape index (κ3) is 5.43. The van der Waals surface area contributed by atoms with E-state index in [9.17, 15) is 19.8 Å². The number of hydrogen-bond donors (Lipinski definition) is 3. The Morgan fingerprint density at radius 1 is 1.33 bits per heavy atom. The normalized spacial score (nSPS) is 14.3. The number of nitrogens with two attached hydrogens (primary N) is 1. The van der Waals surface area contributed by atoms with Gasteiger partial charge in [0.1, 0.15) is 11.4 Å². The highest BCUT2D eigenvalue weighted by Gasteiger charge is 2.36. The summed E-state index contributed by atoms with van der Waals surface area (Å²) in [4.78, 5) is 23.3. The van der Waals surface area contributed by atoms with Gasteiger partial charge in [-0.05, 0) is 44.9 Å². The first-order valence-electron chi connectivity index (χ1n) is 6.59. The summed E-state index contributed by atoms with van der Waals surface area (Å²) in [7, 11) is 0. The van der Waals surface area contributed by atoms with Crippen molar-refractivity contribution in [2.45, 2.75) is 38.8 Å². The van der Waals surface area contributed by atoms with Gasteiger partial charge in [0.15, 0.2) is 5.92 Å². The van der Waals surface area contributed by atoms with Crippen molar-refractivity contribution in [3.05, 3.63) is 29.8 Å². The summed E-state index contributed by atoms with van der Waals surface area (Å²) in [5.41, 5.74) is 5.73. The highest BCUT2D eigenvalue weighted by Crippen LogP contribution is 2.18. The molecule has 1 aromatic carbocycles. The van der Waals surface area contributed by atoms with Gasteiger partial charge < -0.3 is 20.7 Å². The number of phenols is 1. The van der Waals surface area contributed by atoms with Crippen LogP contribution in [0, 0.1) is 5.92 Å². The van der Waals surface area contributed by atoms with Crippen molar-refractivity contribution in [2.75, 3.05) is 0 Å². The van der Waals surface area contributed by atoms with E-state index in [-0.39, 0.29) is 12.2 Å². The van der Waals surface area contributed by atoms with Gasteiger partial charge in [0.2, 0.25) is 0 Å². The third-order valence-corrected chi connectivity index (χ3v) is 2.74. The Balaban J connectivity index is 2.85. The van der Waals surface area contributed by atoms with E-state index in [1.54, 1.807) is 32.9 Å². The van der Waals surface area contributed by atoms with Crippen molar-refractivity contribution in [3.63, 3.8) is 0 Å². The second kappa shape index (κ2) is 6.58. The van der Waals surface area contributed by atoms with Crippen LogP contribution in [0.2, 0.25) is 0 Å². The number of rotatable bonds is 5. The van der Waals surface area contributed by atoms with Crippen molar-refractivity contribution < 1.29 is 24.5 Å². The molecule has 1 rings (SSSR count). The highest BCUT2D eigenvalue weighted by atomic mass is 16.6. The molecule has 0 radical (unpaired) electrons. The lowest BCUT2D eigenvalue weighted by Gasteiger charge is -2.25. The molecule has 0 spiro atoms. The fourth-order valence-electron chi connectivity index (χ4n) is 1.90. The Hall–Kier alpha value is -2.08. The molecule has 0 amide bonds. The molecule has 0 saturated carbocycles. The Labute approximate surface area is 123 Å². The number of phenolic OH excluding ortho intramolecular Hbond substituents is 1. The number of aliphatic carboxylic acids is 1. The summed E-state index contributed by atoms with van der Waals surface area (Å²) in [6, 6.07) is 5.36. The van der Waals surface area contributed by atoms with Crippen molar-refractivity contribution >= 4 is 11.9 Å². The Bertz CT molecular complexity index is 521. The fraction of sp³-hybridized carbons (Fsp3) is 0.467. The van der Waals surface area contributed by atoms with E-state index in [1.165, 1.54) is 12.1 Å². The lowest BCUT2D eigenvalue weighted by Crippen LogP contribution is -2.45. The minimum Gasteiger partial charge on any atom is -0.508 e. The van der Waals surface area contributed by atoms with E-state index in [1.807, 2.05) is 0 Å². The van der Waals surface area contributed by atoms with Crippen LogP contribution in [-0.2, 0) is 20.7 Å². The van der Waals surface area contributed by atoms with Gasteiger partial charge in [-0.1, -0.05) is 12.1 Å². The molecular weight excluding hydrogens is 274 g/mol. The van der Waals surface area contributed by atoms with Gasteiger partial charge in [-0.25, -0.2) is 0 Å². The van der Waals surface area contributed by atoms with Crippen LogP contribution in [0.5, 0.6) is 5.75 Å². The lowest BCUT2D eigenvalue weighted by atomic mass is 9.94. The number of carbonyl (C=O) groups is 2. The minimum absolute atomic E-state index is 0.0591. The molecule has 0 fully saturated rings. The zero-order valence-electron chi connectivity index (χ0n) is 12.4. The van der Waals surface area contributed by atoms with E-state index in [4.69, 9.17) is 10.5 Å². The molecule has 21 heavy (non-hydrogen) atoms. The van der Waals surface area contributed by atoms with Crippen LogP contribution in [-0.4, -0.2) is 33.8 Å². The van der Waals surface area contributed by atoms with Gasteiger partial charge in [-0.2, -0.15) is 0 Å². The molecule has 0 bridgehead atoms. The van der Waals surface area contributed by atoms with Crippen LogP contribution in [0.1, 0.15) is 26.3 Å².